The maximum Gasteiger partial charge on any atom is 0.414 e. The van der Waals surface area contributed by atoms with Crippen LogP contribution in [0.2, 0.25) is 0 Å². The Labute approximate surface area is 434 Å². The number of carboxylic acids is 1. The Morgan fingerprint density at radius 3 is 1.69 bits per heavy atom. The lowest BCUT2D eigenvalue weighted by molar-refractivity contribution is -0.147. The number of aliphatic carboxylic acids is 1. The number of aliphatic imine (C=N–C) groups is 1. The van der Waals surface area contributed by atoms with Gasteiger partial charge in [0.15, 0.2) is 0 Å². The molecule has 0 radical (unpaired) electrons. The second-order valence-corrected chi connectivity index (χ2v) is 17.7. The van der Waals surface area contributed by atoms with Crippen LogP contribution in [0.3, 0.4) is 0 Å². The number of hydrogen-bond acceptors (Lipinski definition) is 14. The van der Waals surface area contributed by atoms with Crippen molar-refractivity contribution in [1.82, 2.24) is 36.8 Å². The van der Waals surface area contributed by atoms with Gasteiger partial charge in [-0.1, -0.05) is 110 Å². The van der Waals surface area contributed by atoms with Crippen molar-refractivity contribution in [1.29, 1.82) is 0 Å². The number of esters is 1. The fourth-order valence-electron chi connectivity index (χ4n) is 6.82. The summed E-state index contributed by atoms with van der Waals surface area (Å²) in [4.78, 5) is 122. The van der Waals surface area contributed by atoms with E-state index >= 15 is 0 Å². The fourth-order valence-corrected chi connectivity index (χ4v) is 6.82. The first-order valence-corrected chi connectivity index (χ1v) is 23.9. The van der Waals surface area contributed by atoms with Crippen molar-refractivity contribution in [3.8, 4) is 0 Å². The van der Waals surface area contributed by atoms with Crippen LogP contribution in [0.5, 0.6) is 0 Å². The molecule has 7 amide bonds. The molecule has 22 nitrogen and oxygen atoms in total. The molecule has 0 saturated heterocycles. The molecule has 75 heavy (non-hydrogen) atoms. The van der Waals surface area contributed by atoms with Crippen LogP contribution in [0.25, 0.3) is 0 Å². The number of carbonyl (C=O) groups is 9. The highest BCUT2D eigenvalue weighted by Gasteiger charge is 2.32. The molecule has 0 heterocycles. The number of benzene rings is 4. The van der Waals surface area contributed by atoms with Crippen molar-refractivity contribution in [2.24, 2.45) is 4.99 Å². The van der Waals surface area contributed by atoms with Crippen LogP contribution in [0.1, 0.15) is 86.0 Å². The van der Waals surface area contributed by atoms with E-state index in [0.29, 0.717) is 16.7 Å². The van der Waals surface area contributed by atoms with Crippen LogP contribution in [-0.4, -0.2) is 114 Å². The van der Waals surface area contributed by atoms with Crippen LogP contribution < -0.4 is 31.9 Å². The van der Waals surface area contributed by atoms with Crippen molar-refractivity contribution in [2.75, 3.05) is 20.1 Å². The molecule has 4 aromatic rings. The molecule has 3 atom stereocenters. The number of guanidine groups is 1. The Bertz CT molecular complexity index is 2530. The van der Waals surface area contributed by atoms with E-state index in [4.69, 9.17) is 18.9 Å². The minimum atomic E-state index is -1.39. The summed E-state index contributed by atoms with van der Waals surface area (Å²) in [5, 5.41) is 24.1. The van der Waals surface area contributed by atoms with Gasteiger partial charge >= 0.3 is 30.2 Å². The van der Waals surface area contributed by atoms with E-state index in [0.717, 1.165) is 10.5 Å². The predicted octanol–water partition coefficient (Wildman–Crippen LogP) is 4.85. The second-order valence-electron chi connectivity index (χ2n) is 17.7. The maximum atomic E-state index is 14.0. The number of nitrogens with one attached hydrogen (secondary N) is 6. The topological polar surface area (TPSA) is 299 Å². The van der Waals surface area contributed by atoms with Gasteiger partial charge < -0.3 is 50.2 Å². The standard InChI is InChI=1S/C53H64N8O14/c1-6-40(57-45(65)39-25-16-24-38(28-39)30-55-46(66)41(58-52(71)75-53(2,3)4)29-44(64)72-32-35-18-10-7-11-19-35)48(68)61(5)42(47(67)56-31-43(62)63)26-17-27-54-49(59-50(69)73-33-36-20-12-8-13-21-36)60-51(70)74-34-37-22-14-9-15-23-37/h7-16,18-25,28,40-42H,6,17,26-27,29-34H2,1-5H3,(H,55,66)(H,56,67)(H,57,65)(H,58,71)(H,62,63)(H2,54,59,60,69,70)/t40-,41+,42+/m1/s1. The summed E-state index contributed by atoms with van der Waals surface area (Å²) in [6, 6.07) is 28.8. The zero-order chi connectivity index (χ0) is 54.8. The van der Waals surface area contributed by atoms with Crippen molar-refractivity contribution >= 4 is 59.8 Å². The summed E-state index contributed by atoms with van der Waals surface area (Å²) in [5.41, 5.74) is 1.75. The lowest BCUT2D eigenvalue weighted by Crippen LogP contribution is -2.54. The summed E-state index contributed by atoms with van der Waals surface area (Å²) < 4.78 is 21.2. The first-order chi connectivity index (χ1) is 35.8. The molecular formula is C53H64N8O14. The van der Waals surface area contributed by atoms with Gasteiger partial charge in [0, 0.05) is 25.7 Å². The van der Waals surface area contributed by atoms with E-state index < -0.39 is 90.5 Å². The van der Waals surface area contributed by atoms with E-state index in [2.05, 4.69) is 36.9 Å². The SMILES string of the molecule is CC[C@@H](NC(=O)c1cccc(CNC(=O)[C@H](CC(=O)OCc2ccccc2)NC(=O)OC(C)(C)C)c1)C(=O)N(C)[C@@H](CCCN=C(NC(=O)OCc1ccccc1)NC(=O)OCc1ccccc1)C(=O)NCC(=O)O. The highest BCUT2D eigenvalue weighted by atomic mass is 16.6. The normalized spacial score (nSPS) is 11.9. The van der Waals surface area contributed by atoms with E-state index in [-0.39, 0.29) is 63.7 Å². The van der Waals surface area contributed by atoms with Gasteiger partial charge in [0.25, 0.3) is 5.91 Å². The van der Waals surface area contributed by atoms with Gasteiger partial charge in [-0.15, -0.1) is 0 Å². The number of alkyl carbamates (subject to hydrolysis) is 3. The van der Waals surface area contributed by atoms with Gasteiger partial charge in [-0.2, -0.15) is 0 Å². The van der Waals surface area contributed by atoms with E-state index in [1.54, 1.807) is 125 Å². The molecule has 4 aromatic carbocycles. The molecule has 0 spiro atoms. The number of rotatable bonds is 24. The van der Waals surface area contributed by atoms with E-state index in [1.165, 1.54) is 19.2 Å². The number of carbonyl (C=O) groups excluding carboxylic acids is 8. The number of hydrogen-bond donors (Lipinski definition) is 7. The van der Waals surface area contributed by atoms with Crippen LogP contribution in [0.4, 0.5) is 14.4 Å². The zero-order valence-corrected chi connectivity index (χ0v) is 42.4. The van der Waals surface area contributed by atoms with Gasteiger partial charge in [-0.3, -0.25) is 44.4 Å². The number of carboxylic acid groups (broad SMARTS) is 1. The Morgan fingerprint density at radius 1 is 0.640 bits per heavy atom. The fraction of sp³-hybridized carbons (Fsp3) is 0.358. The summed E-state index contributed by atoms with van der Waals surface area (Å²) in [5.74, 6) is -5.35. The van der Waals surface area contributed by atoms with Crippen molar-refractivity contribution in [3.63, 3.8) is 0 Å². The monoisotopic (exact) mass is 1040 g/mol. The quantitative estimate of drug-likeness (QED) is 0.0162. The van der Waals surface area contributed by atoms with Gasteiger partial charge in [0.1, 0.15) is 50.1 Å². The first-order valence-electron chi connectivity index (χ1n) is 23.9. The Hall–Kier alpha value is -8.82. The molecule has 0 unspecified atom stereocenters. The van der Waals surface area contributed by atoms with Gasteiger partial charge in [-0.25, -0.2) is 14.4 Å². The lowest BCUT2D eigenvalue weighted by Gasteiger charge is -2.30. The Kier molecular flexibility index (Phi) is 23.7. The number of ether oxygens (including phenoxy) is 4. The number of amides is 7. The Morgan fingerprint density at radius 2 is 1.17 bits per heavy atom. The minimum absolute atomic E-state index is 0.0520. The third-order valence-corrected chi connectivity index (χ3v) is 10.6. The zero-order valence-electron chi connectivity index (χ0n) is 42.4. The molecule has 0 fully saturated rings. The molecular weight excluding hydrogens is 973 g/mol. The maximum absolute atomic E-state index is 14.0. The average Bonchev–Trinajstić information content (AvgIpc) is 3.39. The molecule has 0 aliphatic heterocycles. The summed E-state index contributed by atoms with van der Waals surface area (Å²) in [6.07, 6.45) is -3.32. The predicted molar refractivity (Wildman–Crippen MR) is 272 cm³/mol. The summed E-state index contributed by atoms with van der Waals surface area (Å²) in [7, 11) is 1.32. The summed E-state index contributed by atoms with van der Waals surface area (Å²) >= 11 is 0. The van der Waals surface area contributed by atoms with Crippen LogP contribution >= 0.6 is 0 Å². The molecule has 0 bridgehead atoms. The molecule has 0 aromatic heterocycles. The van der Waals surface area contributed by atoms with Crippen LogP contribution in [-0.2, 0) is 69.3 Å². The van der Waals surface area contributed by atoms with Gasteiger partial charge in [0.05, 0.1) is 6.42 Å². The van der Waals surface area contributed by atoms with E-state index in [1.807, 2.05) is 6.07 Å². The average molecular weight is 1040 g/mol. The molecule has 4 rings (SSSR count). The van der Waals surface area contributed by atoms with Crippen molar-refractivity contribution in [2.45, 2.75) is 103 Å². The van der Waals surface area contributed by atoms with Gasteiger partial charge in [0.2, 0.25) is 23.7 Å². The smallest absolute Gasteiger partial charge is 0.414 e. The second kappa shape index (κ2) is 30.3. The van der Waals surface area contributed by atoms with Gasteiger partial charge in [-0.05, 0) is 74.4 Å². The highest BCUT2D eigenvalue weighted by Crippen LogP contribution is 2.14. The highest BCUT2D eigenvalue weighted by molar-refractivity contribution is 6.01. The molecule has 7 N–H and O–H groups in total. The molecule has 22 heteroatoms. The molecule has 0 saturated carbocycles. The number of likely N-dealkylation sites (N-methyl/N-ethyl adjacent to an activating group) is 1. The van der Waals surface area contributed by atoms with Crippen molar-refractivity contribution in [3.05, 3.63) is 143 Å². The minimum Gasteiger partial charge on any atom is -0.480 e. The largest absolute Gasteiger partial charge is 0.480 e. The van der Waals surface area contributed by atoms with E-state index in [9.17, 15) is 48.3 Å². The third-order valence-electron chi connectivity index (χ3n) is 10.6. The molecule has 0 aliphatic rings. The molecule has 400 valence electrons. The lowest BCUT2D eigenvalue weighted by atomic mass is 10.1. The Balaban J connectivity index is 1.41. The van der Waals surface area contributed by atoms with Crippen LogP contribution in [0, 0.1) is 0 Å². The molecule has 0 aliphatic carbocycles. The van der Waals surface area contributed by atoms with Crippen LogP contribution in [0.15, 0.2) is 120 Å². The number of nitrogens with zero attached hydrogens (tertiary/aromatic N) is 2. The third kappa shape index (κ3) is 22.2. The summed E-state index contributed by atoms with van der Waals surface area (Å²) in [6.45, 7) is 5.28. The van der Waals surface area contributed by atoms with Crippen molar-refractivity contribution < 1.29 is 67.2 Å². The first kappa shape index (κ1) is 58.7.